The van der Waals surface area contributed by atoms with Gasteiger partial charge in [-0.05, 0) is 36.5 Å². The van der Waals surface area contributed by atoms with Crippen molar-refractivity contribution in [1.82, 2.24) is 20.3 Å². The molecule has 7 nitrogen and oxygen atoms in total. The lowest BCUT2D eigenvalue weighted by Crippen LogP contribution is -2.43. The number of hydrogen-bond donors (Lipinski definition) is 1. The van der Waals surface area contributed by atoms with E-state index in [-0.39, 0.29) is 18.1 Å². The molecule has 0 spiro atoms. The number of ether oxygens (including phenoxy) is 1. The van der Waals surface area contributed by atoms with Crippen molar-refractivity contribution >= 4 is 11.7 Å². The van der Waals surface area contributed by atoms with E-state index < -0.39 is 0 Å². The number of carbonyl (C=O) groups is 1. The first-order valence-corrected chi connectivity index (χ1v) is 8.62. The van der Waals surface area contributed by atoms with Gasteiger partial charge in [0, 0.05) is 38.2 Å². The summed E-state index contributed by atoms with van der Waals surface area (Å²) in [5, 5.41) is 2.96. The molecule has 0 bridgehead atoms. The van der Waals surface area contributed by atoms with Gasteiger partial charge in [0.15, 0.2) is 0 Å². The zero-order valence-electron chi connectivity index (χ0n) is 13.9. The molecule has 0 unspecified atom stereocenters. The maximum Gasteiger partial charge on any atom is 0.249 e. The number of amides is 1. The number of nitrogens with one attached hydrogen (secondary N) is 1. The molecule has 1 amide bonds. The molecular formula is C18H21N5O2. The minimum atomic E-state index is -0.364. The topological polar surface area (TPSA) is 80.2 Å². The Hall–Kier alpha value is -2.54. The Morgan fingerprint density at radius 3 is 3.08 bits per heavy atom. The molecule has 2 aliphatic rings. The summed E-state index contributed by atoms with van der Waals surface area (Å²) in [5.41, 5.74) is 0.987. The zero-order chi connectivity index (χ0) is 17.1. The molecule has 4 rings (SSSR count). The van der Waals surface area contributed by atoms with Crippen LogP contribution in [0.2, 0.25) is 0 Å². The highest BCUT2D eigenvalue weighted by molar-refractivity contribution is 5.81. The monoisotopic (exact) mass is 339 g/mol. The fourth-order valence-electron chi connectivity index (χ4n) is 3.58. The van der Waals surface area contributed by atoms with Crippen LogP contribution in [-0.2, 0) is 16.1 Å². The van der Waals surface area contributed by atoms with Crippen molar-refractivity contribution in [2.75, 3.05) is 18.0 Å². The quantitative estimate of drug-likeness (QED) is 0.901. The van der Waals surface area contributed by atoms with E-state index in [1.165, 1.54) is 0 Å². The highest BCUT2D eigenvalue weighted by Crippen LogP contribution is 2.34. The lowest BCUT2D eigenvalue weighted by Gasteiger charge is -2.34. The molecule has 1 N–H and O–H groups in total. The Morgan fingerprint density at radius 1 is 1.32 bits per heavy atom. The van der Waals surface area contributed by atoms with E-state index in [0.717, 1.165) is 37.3 Å². The third kappa shape index (κ3) is 3.61. The molecule has 0 radical (unpaired) electrons. The van der Waals surface area contributed by atoms with Crippen LogP contribution in [0.15, 0.2) is 43.1 Å². The number of rotatable bonds is 4. The molecule has 7 heteroatoms. The van der Waals surface area contributed by atoms with Crippen LogP contribution in [0.4, 0.5) is 5.82 Å². The Labute approximate surface area is 146 Å². The molecule has 130 valence electrons. The van der Waals surface area contributed by atoms with Crippen LogP contribution >= 0.6 is 0 Å². The van der Waals surface area contributed by atoms with Crippen LogP contribution in [0, 0.1) is 5.92 Å². The Bertz CT molecular complexity index is 712. The summed E-state index contributed by atoms with van der Waals surface area (Å²) < 4.78 is 6.05. The second-order valence-electron chi connectivity index (χ2n) is 6.54. The van der Waals surface area contributed by atoms with E-state index in [4.69, 9.17) is 4.74 Å². The minimum absolute atomic E-state index is 0.0353. The van der Waals surface area contributed by atoms with E-state index >= 15 is 0 Å². The molecule has 2 aromatic heterocycles. The number of pyridine rings is 1. The van der Waals surface area contributed by atoms with Crippen molar-refractivity contribution in [3.63, 3.8) is 0 Å². The second kappa shape index (κ2) is 7.14. The van der Waals surface area contributed by atoms with Crippen molar-refractivity contribution in [3.8, 4) is 0 Å². The van der Waals surface area contributed by atoms with E-state index in [1.807, 2.05) is 18.2 Å². The standard InChI is InChI=1S/C18H21N5O2/c24-18(21-10-13-2-1-5-19-9-13)15-8-14-4-7-23(11-16(14)25-15)17-3-6-20-12-22-17/h1-3,5-6,9,12,14-16H,4,7-8,10-11H2,(H,21,24)/t14-,15-,16+/m0/s1. The molecule has 0 aromatic carbocycles. The van der Waals surface area contributed by atoms with Gasteiger partial charge in [0.25, 0.3) is 0 Å². The summed E-state index contributed by atoms with van der Waals surface area (Å²) in [6.07, 6.45) is 8.32. The molecule has 2 aromatic rings. The van der Waals surface area contributed by atoms with E-state index in [1.54, 1.807) is 24.9 Å². The summed E-state index contributed by atoms with van der Waals surface area (Å²) in [6.45, 7) is 2.19. The first-order valence-electron chi connectivity index (χ1n) is 8.62. The van der Waals surface area contributed by atoms with Crippen LogP contribution in [0.25, 0.3) is 0 Å². The first-order chi connectivity index (χ1) is 12.3. The maximum atomic E-state index is 12.4. The third-order valence-electron chi connectivity index (χ3n) is 4.92. The molecule has 4 heterocycles. The van der Waals surface area contributed by atoms with Gasteiger partial charge in [-0.25, -0.2) is 9.97 Å². The van der Waals surface area contributed by atoms with Crippen molar-refractivity contribution in [3.05, 3.63) is 48.7 Å². The van der Waals surface area contributed by atoms with Gasteiger partial charge in [0.05, 0.1) is 6.10 Å². The summed E-state index contributed by atoms with van der Waals surface area (Å²) in [4.78, 5) is 27.0. The highest BCUT2D eigenvalue weighted by Gasteiger charge is 2.42. The molecule has 0 aliphatic carbocycles. The van der Waals surface area contributed by atoms with Crippen molar-refractivity contribution in [2.45, 2.75) is 31.6 Å². The first kappa shape index (κ1) is 16.0. The number of anilines is 1. The average molecular weight is 339 g/mol. The van der Waals surface area contributed by atoms with Crippen molar-refractivity contribution in [2.24, 2.45) is 5.92 Å². The fraction of sp³-hybridized carbons (Fsp3) is 0.444. The lowest BCUT2D eigenvalue weighted by atomic mass is 9.91. The van der Waals surface area contributed by atoms with Crippen LogP contribution < -0.4 is 10.2 Å². The van der Waals surface area contributed by atoms with Crippen LogP contribution in [0.1, 0.15) is 18.4 Å². The molecule has 2 aliphatic heterocycles. The van der Waals surface area contributed by atoms with Crippen LogP contribution in [0.5, 0.6) is 0 Å². The lowest BCUT2D eigenvalue weighted by molar-refractivity contribution is -0.132. The summed E-state index contributed by atoms with van der Waals surface area (Å²) >= 11 is 0. The molecule has 3 atom stereocenters. The number of aromatic nitrogens is 3. The smallest absolute Gasteiger partial charge is 0.249 e. The maximum absolute atomic E-state index is 12.4. The molecular weight excluding hydrogens is 318 g/mol. The number of nitrogens with zero attached hydrogens (tertiary/aromatic N) is 4. The Kier molecular flexibility index (Phi) is 4.56. The number of piperidine rings is 1. The van der Waals surface area contributed by atoms with Crippen molar-refractivity contribution in [1.29, 1.82) is 0 Å². The van der Waals surface area contributed by atoms with Gasteiger partial charge < -0.3 is 15.0 Å². The van der Waals surface area contributed by atoms with Gasteiger partial charge in [-0.15, -0.1) is 0 Å². The largest absolute Gasteiger partial charge is 0.363 e. The predicted molar refractivity (Wildman–Crippen MR) is 91.7 cm³/mol. The average Bonchev–Trinajstić information content (AvgIpc) is 3.11. The highest BCUT2D eigenvalue weighted by atomic mass is 16.5. The number of carbonyl (C=O) groups excluding carboxylic acids is 1. The van der Waals surface area contributed by atoms with E-state index in [2.05, 4.69) is 25.2 Å². The molecule has 2 saturated heterocycles. The van der Waals surface area contributed by atoms with Gasteiger partial charge in [-0.3, -0.25) is 9.78 Å². The van der Waals surface area contributed by atoms with E-state index in [0.29, 0.717) is 12.5 Å². The Balaban J connectivity index is 1.32. The van der Waals surface area contributed by atoms with Crippen LogP contribution in [0.3, 0.4) is 0 Å². The van der Waals surface area contributed by atoms with Crippen molar-refractivity contribution < 1.29 is 9.53 Å². The predicted octanol–water partition coefficient (Wildman–Crippen LogP) is 1.17. The fourth-order valence-corrected chi connectivity index (χ4v) is 3.58. The van der Waals surface area contributed by atoms with Gasteiger partial charge in [-0.2, -0.15) is 0 Å². The van der Waals surface area contributed by atoms with Gasteiger partial charge in [0.1, 0.15) is 18.2 Å². The summed E-state index contributed by atoms with van der Waals surface area (Å²) in [5.74, 6) is 1.32. The summed E-state index contributed by atoms with van der Waals surface area (Å²) in [6, 6.07) is 5.72. The van der Waals surface area contributed by atoms with Gasteiger partial charge in [0.2, 0.25) is 5.91 Å². The molecule has 25 heavy (non-hydrogen) atoms. The summed E-state index contributed by atoms with van der Waals surface area (Å²) in [7, 11) is 0. The number of fused-ring (bicyclic) bond motifs is 1. The third-order valence-corrected chi connectivity index (χ3v) is 4.92. The van der Waals surface area contributed by atoms with E-state index in [9.17, 15) is 4.79 Å². The normalized spacial score (nSPS) is 25.4. The zero-order valence-corrected chi connectivity index (χ0v) is 13.9. The molecule has 0 saturated carbocycles. The minimum Gasteiger partial charge on any atom is -0.363 e. The van der Waals surface area contributed by atoms with Crippen LogP contribution in [-0.4, -0.2) is 46.2 Å². The SMILES string of the molecule is O=C(NCc1cccnc1)[C@@H]1C[C@@H]2CCN(c3ccncn3)C[C@H]2O1. The number of hydrogen-bond acceptors (Lipinski definition) is 6. The molecule has 2 fully saturated rings. The Morgan fingerprint density at radius 2 is 2.28 bits per heavy atom. The second-order valence-corrected chi connectivity index (χ2v) is 6.54. The van der Waals surface area contributed by atoms with Gasteiger partial charge in [-0.1, -0.05) is 6.07 Å². The van der Waals surface area contributed by atoms with Gasteiger partial charge >= 0.3 is 0 Å².